The highest BCUT2D eigenvalue weighted by Gasteiger charge is 2.17. The summed E-state index contributed by atoms with van der Waals surface area (Å²) in [6.07, 6.45) is 0. The molecule has 0 aliphatic rings. The fourth-order valence-electron chi connectivity index (χ4n) is 7.21. The van der Waals surface area contributed by atoms with E-state index in [0.29, 0.717) is 34.9 Å². The molecule has 56 heavy (non-hydrogen) atoms. The van der Waals surface area contributed by atoms with Gasteiger partial charge in [-0.3, -0.25) is 0 Å². The predicted molar refractivity (Wildman–Crippen MR) is 232 cm³/mol. The minimum absolute atomic E-state index is 0.633. The zero-order chi connectivity index (χ0) is 37.0. The molecule has 11 aromatic rings. The molecule has 4 heterocycles. The van der Waals surface area contributed by atoms with Crippen LogP contribution in [0, 0.1) is 0 Å². The molecule has 0 unspecified atom stereocenters. The fraction of sp³-hybridized carbons (Fsp3) is 0. The first kappa shape index (κ1) is 32.4. The highest BCUT2D eigenvalue weighted by atomic mass is 32.1. The Kier molecular flexibility index (Phi) is 7.75. The van der Waals surface area contributed by atoms with E-state index in [4.69, 9.17) is 29.9 Å². The summed E-state index contributed by atoms with van der Waals surface area (Å²) < 4.78 is 4.84. The van der Waals surface area contributed by atoms with Crippen LogP contribution in [0.15, 0.2) is 170 Å². The maximum absolute atomic E-state index is 5.12. The van der Waals surface area contributed by atoms with Gasteiger partial charge in [0.1, 0.15) is 0 Å². The molecule has 4 aromatic heterocycles. The number of hydrogen-bond donors (Lipinski definition) is 0. The van der Waals surface area contributed by atoms with Crippen LogP contribution < -0.4 is 0 Å². The van der Waals surface area contributed by atoms with E-state index in [1.807, 2.05) is 91.0 Å². The molecular formula is C48H28N6S2. The van der Waals surface area contributed by atoms with E-state index in [-0.39, 0.29) is 0 Å². The van der Waals surface area contributed by atoms with Crippen molar-refractivity contribution in [3.05, 3.63) is 170 Å². The van der Waals surface area contributed by atoms with E-state index >= 15 is 0 Å². The van der Waals surface area contributed by atoms with Gasteiger partial charge in [-0.15, -0.1) is 22.7 Å². The van der Waals surface area contributed by atoms with Gasteiger partial charge in [0.25, 0.3) is 0 Å². The fourth-order valence-corrected chi connectivity index (χ4v) is 9.42. The van der Waals surface area contributed by atoms with E-state index in [0.717, 1.165) is 48.9 Å². The van der Waals surface area contributed by atoms with Gasteiger partial charge in [-0.1, -0.05) is 121 Å². The summed E-state index contributed by atoms with van der Waals surface area (Å²) in [4.78, 5) is 30.0. The van der Waals surface area contributed by atoms with Gasteiger partial charge in [-0.2, -0.15) is 0 Å². The first-order valence-electron chi connectivity index (χ1n) is 18.3. The van der Waals surface area contributed by atoms with Crippen LogP contribution in [0.25, 0.3) is 109 Å². The largest absolute Gasteiger partial charge is 0.208 e. The highest BCUT2D eigenvalue weighted by molar-refractivity contribution is 7.26. The number of aromatic nitrogens is 6. The van der Waals surface area contributed by atoms with Crippen molar-refractivity contribution in [3.63, 3.8) is 0 Å². The first-order chi connectivity index (χ1) is 27.7. The lowest BCUT2D eigenvalue weighted by atomic mass is 10.1. The summed E-state index contributed by atoms with van der Waals surface area (Å²) in [5.74, 6) is 3.85. The first-order valence-corrected chi connectivity index (χ1v) is 19.9. The van der Waals surface area contributed by atoms with Crippen LogP contribution in [0.4, 0.5) is 0 Å². The molecule has 0 atom stereocenters. The third-order valence-corrected chi connectivity index (χ3v) is 12.3. The standard InChI is InChI=1S/C48H28N6S2/c1-4-12-29(13-5-1)43-49-44(30-14-6-2-7-15-30)53-48(52-43)34-20-23-36-38-27-33(22-25-41(38)56-42(36)28-34)47-51-45(31-16-8-3-9-17-31)50-46(54-47)32-21-24-40-37(26-32)35-18-10-11-19-39(35)55-40/h1-28H. The Bertz CT molecular complexity index is 3190. The summed E-state index contributed by atoms with van der Waals surface area (Å²) in [6.45, 7) is 0. The molecule has 0 saturated carbocycles. The van der Waals surface area contributed by atoms with E-state index in [1.54, 1.807) is 22.7 Å². The Hall–Kier alpha value is -7.00. The molecule has 11 rings (SSSR count). The van der Waals surface area contributed by atoms with Gasteiger partial charge in [-0.25, -0.2) is 29.9 Å². The lowest BCUT2D eigenvalue weighted by Crippen LogP contribution is -2.00. The van der Waals surface area contributed by atoms with Crippen LogP contribution in [0.2, 0.25) is 0 Å². The summed E-state index contributed by atoms with van der Waals surface area (Å²) in [5, 5.41) is 4.76. The predicted octanol–water partition coefficient (Wildman–Crippen LogP) is 12.8. The maximum Gasteiger partial charge on any atom is 0.164 e. The second-order valence-corrected chi connectivity index (χ2v) is 15.7. The Balaban J connectivity index is 1.02. The van der Waals surface area contributed by atoms with Crippen molar-refractivity contribution in [2.24, 2.45) is 0 Å². The monoisotopic (exact) mass is 752 g/mol. The zero-order valence-electron chi connectivity index (χ0n) is 29.7. The summed E-state index contributed by atoms with van der Waals surface area (Å²) in [7, 11) is 0. The van der Waals surface area contributed by atoms with E-state index in [1.165, 1.54) is 24.9 Å². The van der Waals surface area contributed by atoms with Crippen molar-refractivity contribution in [2.45, 2.75) is 0 Å². The van der Waals surface area contributed by atoms with Gasteiger partial charge in [0.15, 0.2) is 34.9 Å². The number of rotatable bonds is 6. The number of fused-ring (bicyclic) bond motifs is 6. The summed E-state index contributed by atoms with van der Waals surface area (Å²) in [5.41, 5.74) is 5.66. The molecule has 7 aromatic carbocycles. The van der Waals surface area contributed by atoms with E-state index < -0.39 is 0 Å². The second-order valence-electron chi connectivity index (χ2n) is 13.5. The van der Waals surface area contributed by atoms with Gasteiger partial charge in [-0.05, 0) is 48.5 Å². The molecule has 0 spiro atoms. The third-order valence-electron chi connectivity index (χ3n) is 9.99. The molecular weight excluding hydrogens is 725 g/mol. The minimum atomic E-state index is 0.633. The van der Waals surface area contributed by atoms with Gasteiger partial charge < -0.3 is 0 Å². The van der Waals surface area contributed by atoms with Crippen LogP contribution in [0.3, 0.4) is 0 Å². The smallest absolute Gasteiger partial charge is 0.164 e. The molecule has 0 bridgehead atoms. The third kappa shape index (κ3) is 5.80. The molecule has 6 nitrogen and oxygen atoms in total. The molecule has 262 valence electrons. The van der Waals surface area contributed by atoms with E-state index in [9.17, 15) is 0 Å². The van der Waals surface area contributed by atoms with Crippen molar-refractivity contribution in [1.29, 1.82) is 0 Å². The lowest BCUT2D eigenvalue weighted by molar-refractivity contribution is 1.07. The topological polar surface area (TPSA) is 77.3 Å². The van der Waals surface area contributed by atoms with Crippen molar-refractivity contribution < 1.29 is 0 Å². The Morgan fingerprint density at radius 3 is 1.05 bits per heavy atom. The lowest BCUT2D eigenvalue weighted by Gasteiger charge is -2.09. The zero-order valence-corrected chi connectivity index (χ0v) is 31.3. The van der Waals surface area contributed by atoms with Gasteiger partial charge in [0.2, 0.25) is 0 Å². The normalized spacial score (nSPS) is 11.6. The van der Waals surface area contributed by atoms with Crippen molar-refractivity contribution in [2.75, 3.05) is 0 Å². The van der Waals surface area contributed by atoms with Crippen LogP contribution in [-0.4, -0.2) is 29.9 Å². The second kappa shape index (κ2) is 13.4. The molecule has 0 aliphatic heterocycles. The van der Waals surface area contributed by atoms with Crippen LogP contribution in [0.1, 0.15) is 0 Å². The molecule has 0 radical (unpaired) electrons. The molecule has 0 saturated heterocycles. The van der Waals surface area contributed by atoms with Crippen LogP contribution in [0.5, 0.6) is 0 Å². The Morgan fingerprint density at radius 2 is 0.571 bits per heavy atom. The average Bonchev–Trinajstić information content (AvgIpc) is 3.84. The molecule has 0 amide bonds. The highest BCUT2D eigenvalue weighted by Crippen LogP contribution is 2.39. The molecule has 0 aliphatic carbocycles. The van der Waals surface area contributed by atoms with Crippen molar-refractivity contribution >= 4 is 63.0 Å². The van der Waals surface area contributed by atoms with Gasteiger partial charge >= 0.3 is 0 Å². The Labute approximate surface area is 329 Å². The summed E-state index contributed by atoms with van der Waals surface area (Å²) in [6, 6.07) is 58.3. The molecule has 0 N–H and O–H groups in total. The molecule has 8 heteroatoms. The Morgan fingerprint density at radius 1 is 0.232 bits per heavy atom. The van der Waals surface area contributed by atoms with E-state index in [2.05, 4.69) is 78.9 Å². The maximum atomic E-state index is 5.12. The SMILES string of the molecule is c1ccc(-c2nc(-c3ccccc3)nc(-c3ccc4c(c3)sc3ccc(-c5nc(-c6ccccc6)nc(-c6ccc7sc8ccccc8c7c6)n5)cc34)n2)cc1. The number of nitrogens with zero attached hydrogens (tertiary/aromatic N) is 6. The molecule has 0 fully saturated rings. The number of hydrogen-bond acceptors (Lipinski definition) is 8. The van der Waals surface area contributed by atoms with Crippen LogP contribution in [-0.2, 0) is 0 Å². The quantitative estimate of drug-likeness (QED) is 0.168. The van der Waals surface area contributed by atoms with Gasteiger partial charge in [0, 0.05) is 73.7 Å². The van der Waals surface area contributed by atoms with Crippen LogP contribution >= 0.6 is 22.7 Å². The average molecular weight is 753 g/mol. The number of benzene rings is 7. The summed E-state index contributed by atoms with van der Waals surface area (Å²) >= 11 is 3.56. The number of thiophene rings is 2. The van der Waals surface area contributed by atoms with Crippen molar-refractivity contribution in [1.82, 2.24) is 29.9 Å². The van der Waals surface area contributed by atoms with Crippen molar-refractivity contribution in [3.8, 4) is 68.3 Å². The van der Waals surface area contributed by atoms with Gasteiger partial charge in [0.05, 0.1) is 0 Å². The minimum Gasteiger partial charge on any atom is -0.208 e.